The molecule has 0 aromatic rings. The molecule has 0 saturated carbocycles. The summed E-state index contributed by atoms with van der Waals surface area (Å²) >= 11 is 0. The molecule has 0 rings (SSSR count). The SMILES string of the molecule is C/C=C/CC(O)CNCCN(CCC(=O)[O-])CC(O)C/C=C/C.[Li+]. The van der Waals surface area contributed by atoms with Crippen LogP contribution in [0.5, 0.6) is 0 Å². The molecule has 134 valence electrons. The molecule has 3 N–H and O–H groups in total. The van der Waals surface area contributed by atoms with Crippen LogP contribution < -0.4 is 29.3 Å². The molecule has 0 aliphatic carbocycles. The first-order valence-corrected chi connectivity index (χ1v) is 8.20. The number of carbonyl (C=O) groups is 1. The summed E-state index contributed by atoms with van der Waals surface area (Å²) in [6, 6.07) is 0. The van der Waals surface area contributed by atoms with Gasteiger partial charge in [0.1, 0.15) is 0 Å². The number of aliphatic carboxylic acids is 1. The van der Waals surface area contributed by atoms with E-state index in [0.717, 1.165) is 0 Å². The molecule has 24 heavy (non-hydrogen) atoms. The summed E-state index contributed by atoms with van der Waals surface area (Å²) in [5, 5.41) is 33.4. The number of aliphatic hydroxyl groups excluding tert-OH is 2. The second-order valence-electron chi connectivity index (χ2n) is 5.54. The molecule has 0 heterocycles. The Kier molecular flexibility index (Phi) is 18.4. The Morgan fingerprint density at radius 2 is 1.71 bits per heavy atom. The first-order valence-electron chi connectivity index (χ1n) is 8.20. The maximum absolute atomic E-state index is 10.6. The minimum Gasteiger partial charge on any atom is -0.550 e. The summed E-state index contributed by atoms with van der Waals surface area (Å²) in [7, 11) is 0. The van der Waals surface area contributed by atoms with Crippen LogP contribution in [-0.4, -0.2) is 66.0 Å². The monoisotopic (exact) mass is 334 g/mol. The van der Waals surface area contributed by atoms with Crippen LogP contribution in [0.4, 0.5) is 0 Å². The van der Waals surface area contributed by atoms with Gasteiger partial charge in [0, 0.05) is 38.7 Å². The standard InChI is InChI=1S/C17H32N2O4.Li/c1-3-5-7-15(20)13-18-10-12-19(11-9-17(22)23)14-16(21)8-6-4-2;/h3-6,15-16,18,20-21H,7-14H2,1-2H3,(H,22,23);/q;+1/p-1/b5-3+,6-4+;. The summed E-state index contributed by atoms with van der Waals surface area (Å²) in [6.07, 6.45) is 7.73. The maximum Gasteiger partial charge on any atom is 1.00 e. The second-order valence-corrected chi connectivity index (χ2v) is 5.54. The van der Waals surface area contributed by atoms with Gasteiger partial charge in [-0.05, 0) is 33.1 Å². The van der Waals surface area contributed by atoms with Crippen molar-refractivity contribution in [3.63, 3.8) is 0 Å². The predicted molar refractivity (Wildman–Crippen MR) is 89.8 cm³/mol. The van der Waals surface area contributed by atoms with E-state index in [9.17, 15) is 20.1 Å². The zero-order valence-corrected chi connectivity index (χ0v) is 15.3. The Morgan fingerprint density at radius 1 is 1.12 bits per heavy atom. The number of nitrogens with one attached hydrogen (secondary N) is 1. The minimum atomic E-state index is -1.09. The van der Waals surface area contributed by atoms with Gasteiger partial charge in [-0.2, -0.15) is 0 Å². The third-order valence-corrected chi connectivity index (χ3v) is 3.37. The molecule has 0 aliphatic heterocycles. The Morgan fingerprint density at radius 3 is 2.25 bits per heavy atom. The number of carboxylic acid groups (broad SMARTS) is 1. The smallest absolute Gasteiger partial charge is 0.550 e. The summed E-state index contributed by atoms with van der Waals surface area (Å²) in [4.78, 5) is 12.5. The Hall–Kier alpha value is -0.613. The fourth-order valence-electron chi connectivity index (χ4n) is 2.09. The van der Waals surface area contributed by atoms with Crippen molar-refractivity contribution in [3.05, 3.63) is 24.3 Å². The third-order valence-electron chi connectivity index (χ3n) is 3.37. The van der Waals surface area contributed by atoms with Crippen molar-refractivity contribution in [2.75, 3.05) is 32.7 Å². The van der Waals surface area contributed by atoms with Crippen LogP contribution in [0.25, 0.3) is 0 Å². The molecule has 0 amide bonds. The molecule has 6 nitrogen and oxygen atoms in total. The average molecular weight is 334 g/mol. The Bertz CT molecular complexity index is 364. The average Bonchev–Trinajstić information content (AvgIpc) is 2.52. The van der Waals surface area contributed by atoms with Crippen LogP contribution in [0, 0.1) is 0 Å². The molecule has 0 aliphatic rings. The van der Waals surface area contributed by atoms with Crippen molar-refractivity contribution in [3.8, 4) is 0 Å². The molecule has 0 fully saturated rings. The quantitative estimate of drug-likeness (QED) is 0.175. The van der Waals surface area contributed by atoms with Crippen molar-refractivity contribution in [1.29, 1.82) is 0 Å². The number of allylic oxidation sites excluding steroid dienone is 2. The summed E-state index contributed by atoms with van der Waals surface area (Å²) in [6.45, 7) is 6.28. The van der Waals surface area contributed by atoms with E-state index >= 15 is 0 Å². The van der Waals surface area contributed by atoms with Gasteiger partial charge >= 0.3 is 18.9 Å². The molecule has 0 saturated heterocycles. The van der Waals surface area contributed by atoms with Crippen LogP contribution in [0.3, 0.4) is 0 Å². The number of carboxylic acids is 1. The minimum absolute atomic E-state index is 0. The van der Waals surface area contributed by atoms with E-state index < -0.39 is 18.2 Å². The summed E-state index contributed by atoms with van der Waals surface area (Å²) in [5.74, 6) is -1.09. The number of hydrogen-bond donors (Lipinski definition) is 3. The summed E-state index contributed by atoms with van der Waals surface area (Å²) < 4.78 is 0. The van der Waals surface area contributed by atoms with E-state index in [4.69, 9.17) is 0 Å². The van der Waals surface area contributed by atoms with E-state index in [1.807, 2.05) is 43.1 Å². The predicted octanol–water partition coefficient (Wildman–Crippen LogP) is -3.32. The van der Waals surface area contributed by atoms with E-state index in [1.54, 1.807) is 0 Å². The van der Waals surface area contributed by atoms with E-state index in [2.05, 4.69) is 5.32 Å². The van der Waals surface area contributed by atoms with Gasteiger partial charge in [-0.3, -0.25) is 4.90 Å². The molecule has 0 radical (unpaired) electrons. The van der Waals surface area contributed by atoms with Gasteiger partial charge in [0.05, 0.1) is 12.2 Å². The number of carbonyl (C=O) groups excluding carboxylic acids is 1. The Labute approximate surface area is 157 Å². The van der Waals surface area contributed by atoms with Crippen LogP contribution >= 0.6 is 0 Å². The molecule has 0 bridgehead atoms. The van der Waals surface area contributed by atoms with Crippen molar-refractivity contribution in [2.24, 2.45) is 0 Å². The van der Waals surface area contributed by atoms with Crippen molar-refractivity contribution in [2.45, 2.75) is 45.3 Å². The molecule has 0 spiro atoms. The first-order chi connectivity index (χ1) is 11.0. The first kappa shape index (κ1) is 25.6. The maximum atomic E-state index is 10.6. The zero-order valence-electron chi connectivity index (χ0n) is 15.3. The van der Waals surface area contributed by atoms with Crippen LogP contribution in [0.2, 0.25) is 0 Å². The van der Waals surface area contributed by atoms with Gasteiger partial charge in [-0.15, -0.1) is 0 Å². The Balaban J connectivity index is 0. The largest absolute Gasteiger partial charge is 1.00 e. The number of hydrogen-bond acceptors (Lipinski definition) is 6. The molecule has 0 aromatic heterocycles. The van der Waals surface area contributed by atoms with Crippen LogP contribution in [-0.2, 0) is 4.79 Å². The summed E-state index contributed by atoms with van der Waals surface area (Å²) in [5.41, 5.74) is 0. The molecule has 2 atom stereocenters. The number of nitrogens with zero attached hydrogens (tertiary/aromatic N) is 1. The molecule has 2 unspecified atom stereocenters. The molecule has 7 heteroatoms. The third kappa shape index (κ3) is 16.3. The molecular formula is C17H31LiN2O4. The van der Waals surface area contributed by atoms with Gasteiger partial charge in [0.2, 0.25) is 0 Å². The topological polar surface area (TPSA) is 95.9 Å². The van der Waals surface area contributed by atoms with Gasteiger partial charge in [-0.25, -0.2) is 0 Å². The molecule has 0 aromatic carbocycles. The van der Waals surface area contributed by atoms with Crippen LogP contribution in [0.1, 0.15) is 33.1 Å². The number of rotatable bonds is 14. The zero-order chi connectivity index (χ0) is 17.5. The van der Waals surface area contributed by atoms with E-state index in [1.165, 1.54) is 0 Å². The van der Waals surface area contributed by atoms with Crippen LogP contribution in [0.15, 0.2) is 24.3 Å². The van der Waals surface area contributed by atoms with Crippen molar-refractivity contribution in [1.82, 2.24) is 10.2 Å². The fraction of sp³-hybridized carbons (Fsp3) is 0.706. The van der Waals surface area contributed by atoms with Gasteiger partial charge in [-0.1, -0.05) is 24.3 Å². The van der Waals surface area contributed by atoms with Gasteiger partial charge in [0.25, 0.3) is 0 Å². The van der Waals surface area contributed by atoms with E-state index in [0.29, 0.717) is 45.6 Å². The molecular weight excluding hydrogens is 303 g/mol. The normalized spacial score (nSPS) is 14.2. The van der Waals surface area contributed by atoms with Gasteiger partial charge in [0.15, 0.2) is 0 Å². The van der Waals surface area contributed by atoms with Crippen molar-refractivity contribution < 1.29 is 39.0 Å². The fourth-order valence-corrected chi connectivity index (χ4v) is 2.09. The van der Waals surface area contributed by atoms with Gasteiger partial charge < -0.3 is 25.4 Å². The van der Waals surface area contributed by atoms with E-state index in [-0.39, 0.29) is 25.3 Å². The number of aliphatic hydroxyl groups is 2. The second kappa shape index (κ2) is 17.2. The van der Waals surface area contributed by atoms with Crippen molar-refractivity contribution >= 4 is 5.97 Å².